The van der Waals surface area contributed by atoms with Gasteiger partial charge in [0.15, 0.2) is 0 Å². The molecule has 0 unspecified atom stereocenters. The van der Waals surface area contributed by atoms with E-state index in [9.17, 15) is 9.59 Å². The third-order valence-corrected chi connectivity index (χ3v) is 4.22. The number of hydrogen-bond acceptors (Lipinski definition) is 5. The lowest BCUT2D eigenvalue weighted by Gasteiger charge is -2.28. The first-order chi connectivity index (χ1) is 11.5. The Morgan fingerprint density at radius 1 is 1.08 bits per heavy atom. The van der Waals surface area contributed by atoms with Gasteiger partial charge in [-0.15, -0.1) is 0 Å². The van der Waals surface area contributed by atoms with Crippen molar-refractivity contribution in [1.82, 2.24) is 9.80 Å². The largest absolute Gasteiger partial charge is 0.383 e. The first kappa shape index (κ1) is 16.4. The Morgan fingerprint density at radius 3 is 2.46 bits per heavy atom. The molecule has 0 fully saturated rings. The number of nitrogens with one attached hydrogen (secondary N) is 1. The van der Waals surface area contributed by atoms with Gasteiger partial charge in [0.2, 0.25) is 0 Å². The minimum absolute atomic E-state index is 0.226. The molecule has 2 aromatic rings. The van der Waals surface area contributed by atoms with E-state index in [-0.39, 0.29) is 11.8 Å². The van der Waals surface area contributed by atoms with Gasteiger partial charge in [-0.05, 0) is 32.3 Å². The molecular formula is C18H22N4O2. The van der Waals surface area contributed by atoms with Crippen LogP contribution in [0.25, 0.3) is 10.8 Å². The summed E-state index contributed by atoms with van der Waals surface area (Å²) in [7, 11) is 3.84. The van der Waals surface area contributed by atoms with Gasteiger partial charge in [0.1, 0.15) is 0 Å². The van der Waals surface area contributed by atoms with Crippen LogP contribution in [0.2, 0.25) is 0 Å². The lowest BCUT2D eigenvalue weighted by Crippen LogP contribution is -2.43. The number of carbonyl (C=O) groups is 2. The summed E-state index contributed by atoms with van der Waals surface area (Å²) in [6.07, 6.45) is 0. The number of nitrogens with two attached hydrogens (primary N) is 1. The highest BCUT2D eigenvalue weighted by molar-refractivity contribution is 6.26. The number of carbonyl (C=O) groups excluding carboxylic acids is 2. The van der Waals surface area contributed by atoms with Crippen molar-refractivity contribution >= 4 is 28.3 Å². The fraction of sp³-hybridized carbons (Fsp3) is 0.333. The molecule has 1 aliphatic heterocycles. The summed E-state index contributed by atoms with van der Waals surface area (Å²) in [6, 6.07) is 9.25. The van der Waals surface area contributed by atoms with Gasteiger partial charge in [-0.25, -0.2) is 0 Å². The van der Waals surface area contributed by atoms with Crippen molar-refractivity contribution < 1.29 is 9.59 Å². The fourth-order valence-corrected chi connectivity index (χ4v) is 3.01. The van der Waals surface area contributed by atoms with Crippen molar-refractivity contribution in [3.63, 3.8) is 0 Å². The summed E-state index contributed by atoms with van der Waals surface area (Å²) >= 11 is 0. The Labute approximate surface area is 141 Å². The first-order valence-corrected chi connectivity index (χ1v) is 8.05. The zero-order valence-corrected chi connectivity index (χ0v) is 14.0. The van der Waals surface area contributed by atoms with Crippen LogP contribution in [0.15, 0.2) is 30.3 Å². The van der Waals surface area contributed by atoms with E-state index in [0.717, 1.165) is 16.5 Å². The molecule has 2 aromatic carbocycles. The van der Waals surface area contributed by atoms with E-state index in [2.05, 4.69) is 5.32 Å². The Morgan fingerprint density at radius 2 is 1.79 bits per heavy atom. The molecule has 0 saturated heterocycles. The molecule has 0 aromatic heterocycles. The summed E-state index contributed by atoms with van der Waals surface area (Å²) in [5.74, 6) is -0.452. The van der Waals surface area contributed by atoms with E-state index < -0.39 is 0 Å². The van der Waals surface area contributed by atoms with Crippen LogP contribution < -0.4 is 11.1 Å². The van der Waals surface area contributed by atoms with E-state index in [1.54, 1.807) is 12.1 Å². The average molecular weight is 326 g/mol. The molecule has 3 rings (SSSR count). The second kappa shape index (κ2) is 6.59. The SMILES string of the molecule is CN(C)CCN1C(=O)c2cccc3c(NCCN)ccc(c23)C1=O. The number of amides is 2. The second-order valence-corrected chi connectivity index (χ2v) is 6.17. The normalized spacial score (nSPS) is 13.9. The molecule has 24 heavy (non-hydrogen) atoms. The Hall–Kier alpha value is -2.44. The highest BCUT2D eigenvalue weighted by atomic mass is 16.2. The number of likely N-dealkylation sites (N-methyl/N-ethyl adjacent to an activating group) is 1. The molecule has 0 aliphatic carbocycles. The fourth-order valence-electron chi connectivity index (χ4n) is 3.01. The maximum Gasteiger partial charge on any atom is 0.261 e. The third-order valence-electron chi connectivity index (χ3n) is 4.22. The smallest absolute Gasteiger partial charge is 0.261 e. The first-order valence-electron chi connectivity index (χ1n) is 8.05. The monoisotopic (exact) mass is 326 g/mol. The Kier molecular flexibility index (Phi) is 4.51. The van der Waals surface area contributed by atoms with Crippen molar-refractivity contribution in [2.75, 3.05) is 45.6 Å². The van der Waals surface area contributed by atoms with E-state index in [4.69, 9.17) is 5.73 Å². The molecule has 3 N–H and O–H groups in total. The number of hydrogen-bond donors (Lipinski definition) is 2. The lowest BCUT2D eigenvalue weighted by atomic mass is 9.93. The van der Waals surface area contributed by atoms with Crippen molar-refractivity contribution in [2.24, 2.45) is 5.73 Å². The number of nitrogens with zero attached hydrogens (tertiary/aromatic N) is 2. The van der Waals surface area contributed by atoms with Crippen molar-refractivity contribution in [1.29, 1.82) is 0 Å². The summed E-state index contributed by atoms with van der Waals surface area (Å²) in [4.78, 5) is 28.9. The van der Waals surface area contributed by atoms with Gasteiger partial charge in [0.05, 0.1) is 0 Å². The second-order valence-electron chi connectivity index (χ2n) is 6.17. The van der Waals surface area contributed by atoms with Crippen LogP contribution in [0.5, 0.6) is 0 Å². The minimum atomic E-state index is -0.226. The third kappa shape index (κ3) is 2.74. The van der Waals surface area contributed by atoms with Crippen LogP contribution in [0.4, 0.5) is 5.69 Å². The molecule has 126 valence electrons. The molecule has 6 heteroatoms. The molecule has 0 saturated carbocycles. The number of imide groups is 1. The summed E-state index contributed by atoms with van der Waals surface area (Å²) < 4.78 is 0. The molecule has 0 radical (unpaired) electrons. The topological polar surface area (TPSA) is 78.7 Å². The molecule has 2 amide bonds. The molecule has 1 aliphatic rings. The zero-order valence-electron chi connectivity index (χ0n) is 14.0. The summed E-state index contributed by atoms with van der Waals surface area (Å²) in [5, 5.41) is 4.87. The van der Waals surface area contributed by atoms with Crippen LogP contribution in [0, 0.1) is 0 Å². The zero-order chi connectivity index (χ0) is 17.3. The van der Waals surface area contributed by atoms with Crippen LogP contribution in [-0.2, 0) is 0 Å². The molecule has 1 heterocycles. The van der Waals surface area contributed by atoms with Gasteiger partial charge in [0.25, 0.3) is 11.8 Å². The summed E-state index contributed by atoms with van der Waals surface area (Å²) in [6.45, 7) is 2.17. The van der Waals surface area contributed by atoms with Gasteiger partial charge in [-0.3, -0.25) is 14.5 Å². The minimum Gasteiger partial charge on any atom is -0.383 e. The van der Waals surface area contributed by atoms with Gasteiger partial charge in [-0.2, -0.15) is 0 Å². The molecule has 6 nitrogen and oxygen atoms in total. The van der Waals surface area contributed by atoms with Gasteiger partial charge >= 0.3 is 0 Å². The van der Waals surface area contributed by atoms with E-state index in [0.29, 0.717) is 37.3 Å². The van der Waals surface area contributed by atoms with Crippen LogP contribution in [0.1, 0.15) is 20.7 Å². The Balaban J connectivity index is 2.08. The standard InChI is InChI=1S/C18H22N4O2/c1-21(2)10-11-22-17(23)13-5-3-4-12-15(20-9-8-19)7-6-14(16(12)13)18(22)24/h3-7,20H,8-11,19H2,1-2H3. The number of anilines is 1. The van der Waals surface area contributed by atoms with E-state index in [1.165, 1.54) is 4.90 Å². The van der Waals surface area contributed by atoms with Crippen LogP contribution >= 0.6 is 0 Å². The lowest BCUT2D eigenvalue weighted by molar-refractivity contribution is 0.0601. The predicted molar refractivity (Wildman–Crippen MR) is 95.4 cm³/mol. The Bertz CT molecular complexity index is 779. The predicted octanol–water partition coefficient (Wildman–Crippen LogP) is 1.37. The van der Waals surface area contributed by atoms with Crippen LogP contribution in [-0.4, -0.2) is 61.9 Å². The van der Waals surface area contributed by atoms with Crippen molar-refractivity contribution in [3.05, 3.63) is 41.5 Å². The van der Waals surface area contributed by atoms with Crippen LogP contribution in [0.3, 0.4) is 0 Å². The highest BCUT2D eigenvalue weighted by Crippen LogP contribution is 2.34. The van der Waals surface area contributed by atoms with Gasteiger partial charge in [0, 0.05) is 53.8 Å². The molecular weight excluding hydrogens is 304 g/mol. The van der Waals surface area contributed by atoms with Gasteiger partial charge < -0.3 is 16.0 Å². The van der Waals surface area contributed by atoms with Crippen molar-refractivity contribution in [2.45, 2.75) is 0 Å². The van der Waals surface area contributed by atoms with E-state index >= 15 is 0 Å². The van der Waals surface area contributed by atoms with Gasteiger partial charge in [-0.1, -0.05) is 12.1 Å². The maximum atomic E-state index is 12.8. The maximum absolute atomic E-state index is 12.8. The number of rotatable bonds is 6. The average Bonchev–Trinajstić information content (AvgIpc) is 2.57. The molecule has 0 spiro atoms. The molecule has 0 atom stereocenters. The van der Waals surface area contributed by atoms with Crippen molar-refractivity contribution in [3.8, 4) is 0 Å². The number of benzene rings is 2. The quantitative estimate of drug-likeness (QED) is 0.784. The molecule has 0 bridgehead atoms. The highest BCUT2D eigenvalue weighted by Gasteiger charge is 2.32. The van der Waals surface area contributed by atoms with E-state index in [1.807, 2.05) is 37.2 Å². The summed E-state index contributed by atoms with van der Waals surface area (Å²) in [5.41, 5.74) is 7.61.